The van der Waals surface area contributed by atoms with Crippen LogP contribution >= 0.6 is 11.3 Å². The molecule has 0 fully saturated rings. The smallest absolute Gasteiger partial charge is 0.323 e. The lowest BCUT2D eigenvalue weighted by Gasteiger charge is -2.02. The van der Waals surface area contributed by atoms with E-state index in [4.69, 9.17) is 10.8 Å². The van der Waals surface area contributed by atoms with Crippen LogP contribution in [0.2, 0.25) is 0 Å². The fourth-order valence-electron chi connectivity index (χ4n) is 1.36. The molecule has 1 amide bonds. The molecular weight excluding hydrogens is 228 g/mol. The summed E-state index contributed by atoms with van der Waals surface area (Å²) in [6, 6.07) is 7.20. The Labute approximate surface area is 94.5 Å². The summed E-state index contributed by atoms with van der Waals surface area (Å²) in [6.45, 7) is 0. The lowest BCUT2D eigenvalue weighted by atomic mass is 10.1. The van der Waals surface area contributed by atoms with E-state index in [1.54, 1.807) is 12.1 Å². The highest BCUT2D eigenvalue weighted by molar-refractivity contribution is 7.18. The van der Waals surface area contributed by atoms with Crippen molar-refractivity contribution < 1.29 is 14.7 Å². The van der Waals surface area contributed by atoms with Gasteiger partial charge < -0.3 is 10.8 Å². The molecule has 2 rings (SSSR count). The summed E-state index contributed by atoms with van der Waals surface area (Å²) < 4.78 is 0.838. The number of aromatic nitrogens is 1. The predicted octanol–water partition coefficient (Wildman–Crippen LogP) is 0.950. The number of amides is 1. The van der Waals surface area contributed by atoms with Gasteiger partial charge in [0.1, 0.15) is 5.01 Å². The van der Waals surface area contributed by atoms with Crippen molar-refractivity contribution in [3.8, 4) is 0 Å². The lowest BCUT2D eigenvalue weighted by Crippen LogP contribution is -2.27. The fourth-order valence-corrected chi connectivity index (χ4v) is 2.43. The van der Waals surface area contributed by atoms with Gasteiger partial charge in [0.25, 0.3) is 0 Å². The van der Waals surface area contributed by atoms with Crippen LogP contribution in [0.1, 0.15) is 10.9 Å². The molecule has 1 unspecified atom stereocenters. The summed E-state index contributed by atoms with van der Waals surface area (Å²) in [7, 11) is 0. The number of carboxylic acids is 1. The number of aliphatic carboxylic acids is 1. The Hall–Kier alpha value is -1.95. The van der Waals surface area contributed by atoms with Crippen LogP contribution in [0.3, 0.4) is 0 Å². The minimum Gasteiger partial charge on any atom is -0.480 e. The zero-order chi connectivity index (χ0) is 11.7. The fraction of sp³-hybridized carbons (Fsp3) is 0.100. The Bertz CT molecular complexity index is 517. The van der Waals surface area contributed by atoms with E-state index in [9.17, 15) is 9.59 Å². The van der Waals surface area contributed by atoms with E-state index in [0.717, 1.165) is 4.70 Å². The molecule has 6 heteroatoms. The summed E-state index contributed by atoms with van der Waals surface area (Å²) in [5, 5.41) is 9.11. The molecular formula is C10H8N2O3S. The van der Waals surface area contributed by atoms with Crippen molar-refractivity contribution in [1.82, 2.24) is 4.98 Å². The van der Waals surface area contributed by atoms with Crippen LogP contribution in [0.25, 0.3) is 10.2 Å². The Morgan fingerprint density at radius 2 is 2.06 bits per heavy atom. The number of primary amides is 1. The van der Waals surface area contributed by atoms with E-state index in [1.165, 1.54) is 11.3 Å². The molecule has 1 aromatic heterocycles. The standard InChI is InChI=1S/C10H8N2O3S/c11-8(13)7(10(14)15)9-12-5-3-1-2-4-6(5)16-9/h1-4,7H,(H2,11,13)(H,14,15). The first-order chi connectivity index (χ1) is 7.59. The average molecular weight is 236 g/mol. The van der Waals surface area contributed by atoms with Crippen molar-refractivity contribution in [3.63, 3.8) is 0 Å². The minimum absolute atomic E-state index is 0.223. The number of fused-ring (bicyclic) bond motifs is 1. The molecule has 0 saturated heterocycles. The highest BCUT2D eigenvalue weighted by Crippen LogP contribution is 2.27. The van der Waals surface area contributed by atoms with Crippen molar-refractivity contribution >= 4 is 33.4 Å². The topological polar surface area (TPSA) is 93.3 Å². The van der Waals surface area contributed by atoms with Gasteiger partial charge in [-0.3, -0.25) is 9.59 Å². The molecule has 0 aliphatic rings. The summed E-state index contributed by atoms with van der Waals surface area (Å²) in [5.74, 6) is -3.53. The van der Waals surface area contributed by atoms with Gasteiger partial charge in [0, 0.05) is 0 Å². The number of thiazole rings is 1. The van der Waals surface area contributed by atoms with Gasteiger partial charge >= 0.3 is 5.97 Å². The van der Waals surface area contributed by atoms with Crippen molar-refractivity contribution in [2.24, 2.45) is 5.73 Å². The lowest BCUT2D eigenvalue weighted by molar-refractivity contribution is -0.142. The molecule has 3 N–H and O–H groups in total. The monoisotopic (exact) mass is 236 g/mol. The Kier molecular flexibility index (Phi) is 2.57. The molecule has 1 aromatic carbocycles. The third kappa shape index (κ3) is 1.74. The second-order valence-electron chi connectivity index (χ2n) is 3.19. The van der Waals surface area contributed by atoms with Gasteiger partial charge in [-0.15, -0.1) is 11.3 Å². The molecule has 2 aromatic rings. The third-order valence-electron chi connectivity index (χ3n) is 2.09. The number of benzene rings is 1. The highest BCUT2D eigenvalue weighted by atomic mass is 32.1. The zero-order valence-electron chi connectivity index (χ0n) is 8.08. The Morgan fingerprint density at radius 3 is 2.62 bits per heavy atom. The molecule has 1 heterocycles. The maximum atomic E-state index is 11.0. The maximum Gasteiger partial charge on any atom is 0.323 e. The summed E-state index contributed by atoms with van der Waals surface area (Å²) >= 11 is 1.17. The number of hydrogen-bond donors (Lipinski definition) is 2. The SMILES string of the molecule is NC(=O)C(C(=O)O)c1nc2ccccc2s1. The van der Waals surface area contributed by atoms with Crippen molar-refractivity contribution in [2.75, 3.05) is 0 Å². The van der Waals surface area contributed by atoms with E-state index in [1.807, 2.05) is 12.1 Å². The zero-order valence-corrected chi connectivity index (χ0v) is 8.90. The van der Waals surface area contributed by atoms with Crippen molar-refractivity contribution in [1.29, 1.82) is 0 Å². The van der Waals surface area contributed by atoms with Gasteiger partial charge in [0.2, 0.25) is 5.91 Å². The number of para-hydroxylation sites is 1. The molecule has 5 nitrogen and oxygen atoms in total. The van der Waals surface area contributed by atoms with Gasteiger partial charge in [-0.05, 0) is 12.1 Å². The van der Waals surface area contributed by atoms with Crippen molar-refractivity contribution in [2.45, 2.75) is 5.92 Å². The number of carbonyl (C=O) groups excluding carboxylic acids is 1. The van der Waals surface area contributed by atoms with Crippen LogP contribution < -0.4 is 5.73 Å². The summed E-state index contributed by atoms with van der Waals surface area (Å²) in [4.78, 5) is 26.0. The molecule has 0 bridgehead atoms. The second kappa shape index (κ2) is 3.90. The minimum atomic E-state index is -1.36. The van der Waals surface area contributed by atoms with Crippen LogP contribution in [-0.2, 0) is 9.59 Å². The summed E-state index contributed by atoms with van der Waals surface area (Å²) in [5.41, 5.74) is 5.71. The van der Waals surface area contributed by atoms with Crippen LogP contribution in [0.4, 0.5) is 0 Å². The maximum absolute atomic E-state index is 11.0. The first-order valence-electron chi connectivity index (χ1n) is 4.47. The van der Waals surface area contributed by atoms with E-state index < -0.39 is 17.8 Å². The van der Waals surface area contributed by atoms with Crippen LogP contribution in [0.15, 0.2) is 24.3 Å². The average Bonchev–Trinajstić information content (AvgIpc) is 2.58. The van der Waals surface area contributed by atoms with Gasteiger partial charge in [0.15, 0.2) is 5.92 Å². The predicted molar refractivity (Wildman–Crippen MR) is 59.2 cm³/mol. The van der Waals surface area contributed by atoms with Gasteiger partial charge in [-0.1, -0.05) is 12.1 Å². The van der Waals surface area contributed by atoms with Crippen LogP contribution in [0.5, 0.6) is 0 Å². The van der Waals surface area contributed by atoms with Gasteiger partial charge in [-0.25, -0.2) is 4.98 Å². The van der Waals surface area contributed by atoms with Gasteiger partial charge in [-0.2, -0.15) is 0 Å². The number of carboxylic acid groups (broad SMARTS) is 1. The number of rotatable bonds is 3. The molecule has 0 spiro atoms. The number of carbonyl (C=O) groups is 2. The van der Waals surface area contributed by atoms with Crippen LogP contribution in [0, 0.1) is 0 Å². The van der Waals surface area contributed by atoms with E-state index >= 15 is 0 Å². The molecule has 82 valence electrons. The van der Waals surface area contributed by atoms with Gasteiger partial charge in [0.05, 0.1) is 10.2 Å². The first kappa shape index (κ1) is 10.6. The van der Waals surface area contributed by atoms with E-state index in [0.29, 0.717) is 5.52 Å². The Balaban J connectivity index is 2.53. The second-order valence-corrected chi connectivity index (χ2v) is 4.26. The molecule has 0 radical (unpaired) electrons. The Morgan fingerprint density at radius 1 is 1.38 bits per heavy atom. The molecule has 1 atom stereocenters. The largest absolute Gasteiger partial charge is 0.480 e. The van der Waals surface area contributed by atoms with Crippen LogP contribution in [-0.4, -0.2) is 22.0 Å². The number of hydrogen-bond acceptors (Lipinski definition) is 4. The van der Waals surface area contributed by atoms with E-state index in [-0.39, 0.29) is 5.01 Å². The number of nitrogens with two attached hydrogens (primary N) is 1. The third-order valence-corrected chi connectivity index (χ3v) is 3.19. The normalized spacial score (nSPS) is 12.5. The number of nitrogens with zero attached hydrogens (tertiary/aromatic N) is 1. The first-order valence-corrected chi connectivity index (χ1v) is 5.29. The molecule has 0 aliphatic heterocycles. The molecule has 0 aliphatic carbocycles. The molecule has 0 saturated carbocycles. The highest BCUT2D eigenvalue weighted by Gasteiger charge is 2.29. The summed E-state index contributed by atoms with van der Waals surface area (Å²) in [6.07, 6.45) is 0. The van der Waals surface area contributed by atoms with Crippen molar-refractivity contribution in [3.05, 3.63) is 29.3 Å². The molecule has 16 heavy (non-hydrogen) atoms. The quantitative estimate of drug-likeness (QED) is 0.776. The van der Waals surface area contributed by atoms with E-state index in [2.05, 4.69) is 4.98 Å².